The van der Waals surface area contributed by atoms with Gasteiger partial charge in [0.25, 0.3) is 0 Å². The molecular formula is C14H20F3NO3. The summed E-state index contributed by atoms with van der Waals surface area (Å²) in [6, 6.07) is 4.41. The van der Waals surface area contributed by atoms with Gasteiger partial charge in [-0.1, -0.05) is 12.1 Å². The van der Waals surface area contributed by atoms with Crippen molar-refractivity contribution in [2.24, 2.45) is 0 Å². The van der Waals surface area contributed by atoms with Crippen molar-refractivity contribution in [3.05, 3.63) is 35.4 Å². The van der Waals surface area contributed by atoms with Crippen LogP contribution in [0.4, 0.5) is 13.2 Å². The number of nitrogens with one attached hydrogen (secondary N) is 1. The summed E-state index contributed by atoms with van der Waals surface area (Å²) in [5, 5.41) is 22.2. The minimum atomic E-state index is -4.38. The Balaban J connectivity index is 2.37. The van der Waals surface area contributed by atoms with Crippen molar-refractivity contribution in [3.63, 3.8) is 0 Å². The number of hydrogen-bond donors (Lipinski definition) is 3. The molecule has 0 fully saturated rings. The summed E-state index contributed by atoms with van der Waals surface area (Å²) < 4.78 is 42.0. The first-order valence-corrected chi connectivity index (χ1v) is 6.57. The van der Waals surface area contributed by atoms with E-state index in [9.17, 15) is 23.4 Å². The lowest BCUT2D eigenvalue weighted by Crippen LogP contribution is -2.26. The number of benzene rings is 1. The lowest BCUT2D eigenvalue weighted by Gasteiger charge is -2.14. The van der Waals surface area contributed by atoms with Crippen molar-refractivity contribution in [3.8, 4) is 0 Å². The maximum atomic E-state index is 12.4. The minimum Gasteiger partial charge on any atom is -0.391 e. The van der Waals surface area contributed by atoms with Crippen LogP contribution in [0, 0.1) is 0 Å². The fraction of sp³-hybridized carbons (Fsp3) is 0.571. The highest BCUT2D eigenvalue weighted by Crippen LogP contribution is 2.29. The molecule has 4 nitrogen and oxygen atoms in total. The minimum absolute atomic E-state index is 0.199. The maximum Gasteiger partial charge on any atom is 0.416 e. The summed E-state index contributed by atoms with van der Waals surface area (Å²) in [6.45, 7) is 0.913. The van der Waals surface area contributed by atoms with E-state index in [2.05, 4.69) is 5.32 Å². The van der Waals surface area contributed by atoms with Crippen LogP contribution in [0.3, 0.4) is 0 Å². The average molecular weight is 307 g/mol. The van der Waals surface area contributed by atoms with Crippen LogP contribution in [0.15, 0.2) is 24.3 Å². The van der Waals surface area contributed by atoms with Crippen molar-refractivity contribution < 1.29 is 28.1 Å². The van der Waals surface area contributed by atoms with E-state index in [0.29, 0.717) is 18.5 Å². The molecule has 0 aliphatic heterocycles. The van der Waals surface area contributed by atoms with Crippen molar-refractivity contribution in [1.29, 1.82) is 0 Å². The van der Waals surface area contributed by atoms with Crippen LogP contribution in [0.1, 0.15) is 23.7 Å². The standard InChI is InChI=1S/C14H20F3NO3/c1-21-9-12(19)6-7-18-8-13(20)10-2-4-11(5-3-10)14(15,16)17/h2-5,12-13,18-20H,6-9H2,1H3. The SMILES string of the molecule is COCC(O)CCNCC(O)c1ccc(C(F)(F)F)cc1. The van der Waals surface area contributed by atoms with Gasteiger partial charge in [-0.25, -0.2) is 0 Å². The highest BCUT2D eigenvalue weighted by Gasteiger charge is 2.30. The Kier molecular flexibility index (Phi) is 7.10. The van der Waals surface area contributed by atoms with Crippen LogP contribution in [0.5, 0.6) is 0 Å². The fourth-order valence-electron chi connectivity index (χ4n) is 1.80. The van der Waals surface area contributed by atoms with Crippen LogP contribution in [-0.4, -0.2) is 43.1 Å². The Morgan fingerprint density at radius 1 is 1.19 bits per heavy atom. The average Bonchev–Trinajstić information content (AvgIpc) is 2.43. The van der Waals surface area contributed by atoms with E-state index in [0.717, 1.165) is 12.1 Å². The van der Waals surface area contributed by atoms with Crippen LogP contribution in [0.2, 0.25) is 0 Å². The molecule has 3 N–H and O–H groups in total. The lowest BCUT2D eigenvalue weighted by molar-refractivity contribution is -0.137. The van der Waals surface area contributed by atoms with Gasteiger partial charge in [0, 0.05) is 13.7 Å². The molecular weight excluding hydrogens is 287 g/mol. The van der Waals surface area contributed by atoms with E-state index in [-0.39, 0.29) is 13.2 Å². The second-order valence-corrected chi connectivity index (χ2v) is 4.74. The quantitative estimate of drug-likeness (QED) is 0.640. The van der Waals surface area contributed by atoms with Crippen molar-refractivity contribution in [2.45, 2.75) is 24.8 Å². The summed E-state index contributed by atoms with van der Waals surface area (Å²) in [5.74, 6) is 0. The molecule has 0 bridgehead atoms. The van der Waals surface area contributed by atoms with E-state index in [1.165, 1.54) is 19.2 Å². The van der Waals surface area contributed by atoms with E-state index in [1.54, 1.807) is 0 Å². The van der Waals surface area contributed by atoms with Crippen LogP contribution >= 0.6 is 0 Å². The van der Waals surface area contributed by atoms with E-state index in [4.69, 9.17) is 4.74 Å². The third-order valence-corrected chi connectivity index (χ3v) is 2.97. The molecule has 7 heteroatoms. The molecule has 0 heterocycles. The van der Waals surface area contributed by atoms with Gasteiger partial charge in [0.1, 0.15) is 0 Å². The predicted octanol–water partition coefficient (Wildman–Crippen LogP) is 1.73. The van der Waals surface area contributed by atoms with Crippen molar-refractivity contribution >= 4 is 0 Å². The molecule has 0 saturated heterocycles. The first-order valence-electron chi connectivity index (χ1n) is 6.57. The normalized spacial score (nSPS) is 15.0. The number of methoxy groups -OCH3 is 1. The molecule has 2 atom stereocenters. The molecule has 0 amide bonds. The maximum absolute atomic E-state index is 12.4. The Labute approximate surface area is 121 Å². The van der Waals surface area contributed by atoms with Crippen LogP contribution in [-0.2, 0) is 10.9 Å². The number of hydrogen-bond acceptors (Lipinski definition) is 4. The van der Waals surface area contributed by atoms with E-state index < -0.39 is 23.9 Å². The number of halogens is 3. The molecule has 1 rings (SSSR count). The smallest absolute Gasteiger partial charge is 0.391 e. The first-order chi connectivity index (χ1) is 9.84. The molecule has 120 valence electrons. The second kappa shape index (κ2) is 8.33. The number of aliphatic hydroxyl groups is 2. The topological polar surface area (TPSA) is 61.7 Å². The fourth-order valence-corrected chi connectivity index (χ4v) is 1.80. The van der Waals surface area contributed by atoms with Crippen LogP contribution < -0.4 is 5.32 Å². The second-order valence-electron chi connectivity index (χ2n) is 4.74. The Morgan fingerprint density at radius 2 is 1.81 bits per heavy atom. The van der Waals surface area contributed by atoms with Gasteiger partial charge in [0.2, 0.25) is 0 Å². The Hall–Kier alpha value is -1.15. The molecule has 1 aromatic carbocycles. The highest BCUT2D eigenvalue weighted by atomic mass is 19.4. The molecule has 0 aliphatic rings. The van der Waals surface area contributed by atoms with Crippen LogP contribution in [0.25, 0.3) is 0 Å². The van der Waals surface area contributed by atoms with Gasteiger partial charge < -0.3 is 20.3 Å². The van der Waals surface area contributed by atoms with Gasteiger partial charge in [-0.15, -0.1) is 0 Å². The molecule has 0 spiro atoms. The van der Waals surface area contributed by atoms with Gasteiger partial charge in [-0.2, -0.15) is 13.2 Å². The summed E-state index contributed by atoms with van der Waals surface area (Å²) in [5.41, 5.74) is -0.331. The highest BCUT2D eigenvalue weighted by molar-refractivity contribution is 5.26. The largest absolute Gasteiger partial charge is 0.416 e. The Morgan fingerprint density at radius 3 is 2.33 bits per heavy atom. The van der Waals surface area contributed by atoms with E-state index in [1.807, 2.05) is 0 Å². The number of rotatable bonds is 8. The Bertz CT molecular complexity index is 409. The third-order valence-electron chi connectivity index (χ3n) is 2.97. The zero-order valence-corrected chi connectivity index (χ0v) is 11.7. The van der Waals surface area contributed by atoms with Gasteiger partial charge in [0.05, 0.1) is 24.4 Å². The van der Waals surface area contributed by atoms with Gasteiger partial charge in [-0.05, 0) is 30.7 Å². The zero-order chi connectivity index (χ0) is 15.9. The number of aliphatic hydroxyl groups excluding tert-OH is 2. The number of alkyl halides is 3. The van der Waals surface area contributed by atoms with Gasteiger partial charge >= 0.3 is 6.18 Å². The van der Waals surface area contributed by atoms with Crippen molar-refractivity contribution in [2.75, 3.05) is 26.8 Å². The monoisotopic (exact) mass is 307 g/mol. The number of ether oxygens (including phenoxy) is 1. The molecule has 0 aliphatic carbocycles. The van der Waals surface area contributed by atoms with E-state index >= 15 is 0 Å². The molecule has 21 heavy (non-hydrogen) atoms. The molecule has 0 saturated carbocycles. The molecule has 2 unspecified atom stereocenters. The van der Waals surface area contributed by atoms with Gasteiger partial charge in [0.15, 0.2) is 0 Å². The van der Waals surface area contributed by atoms with Gasteiger partial charge in [-0.3, -0.25) is 0 Å². The summed E-state index contributed by atoms with van der Waals surface area (Å²) in [7, 11) is 1.49. The summed E-state index contributed by atoms with van der Waals surface area (Å²) >= 11 is 0. The van der Waals surface area contributed by atoms with Crippen molar-refractivity contribution in [1.82, 2.24) is 5.32 Å². The predicted molar refractivity (Wildman–Crippen MR) is 71.8 cm³/mol. The molecule has 0 aromatic heterocycles. The zero-order valence-electron chi connectivity index (χ0n) is 11.7. The first kappa shape index (κ1) is 17.9. The molecule has 0 radical (unpaired) electrons. The lowest BCUT2D eigenvalue weighted by atomic mass is 10.1. The molecule has 1 aromatic rings. The summed E-state index contributed by atoms with van der Waals surface area (Å²) in [4.78, 5) is 0. The third kappa shape index (κ3) is 6.43. The summed E-state index contributed by atoms with van der Waals surface area (Å²) in [6.07, 6.45) is -5.38.